The fourth-order valence-electron chi connectivity index (χ4n) is 3.66. The molecule has 0 bridgehead atoms. The van der Waals surface area contributed by atoms with Crippen LogP contribution in [0.5, 0.6) is 17.2 Å². The number of hydrogen-bond acceptors (Lipinski definition) is 6. The molecule has 2 unspecified atom stereocenters. The van der Waals surface area contributed by atoms with E-state index in [0.717, 1.165) is 0 Å². The molecule has 3 aromatic rings. The van der Waals surface area contributed by atoms with Gasteiger partial charge in [0.1, 0.15) is 17.2 Å². The number of carbonyl (C=O) groups excluding carboxylic acids is 1. The summed E-state index contributed by atoms with van der Waals surface area (Å²) in [6, 6.07) is 22.3. The van der Waals surface area contributed by atoms with Crippen LogP contribution in [0.25, 0.3) is 0 Å². The Morgan fingerprint density at radius 2 is 1.29 bits per heavy atom. The summed E-state index contributed by atoms with van der Waals surface area (Å²) in [5.74, 6) is -0.145. The minimum atomic E-state index is -4.13. The number of nitrogens with zero attached hydrogens (tertiary/aromatic N) is 1. The van der Waals surface area contributed by atoms with Crippen molar-refractivity contribution >= 4 is 56.1 Å². The second kappa shape index (κ2) is 16.3. The van der Waals surface area contributed by atoms with Gasteiger partial charge in [0, 0.05) is 29.9 Å². The summed E-state index contributed by atoms with van der Waals surface area (Å²) in [4.78, 5) is 13.4. The zero-order valence-corrected chi connectivity index (χ0v) is 26.4. The van der Waals surface area contributed by atoms with Gasteiger partial charge >= 0.3 is 21.3 Å². The molecule has 0 fully saturated rings. The van der Waals surface area contributed by atoms with Crippen LogP contribution in [0.3, 0.4) is 0 Å². The molecule has 0 saturated heterocycles. The van der Waals surface area contributed by atoms with Gasteiger partial charge in [-0.2, -0.15) is 0 Å². The van der Waals surface area contributed by atoms with Crippen molar-refractivity contribution in [3.8, 4) is 17.2 Å². The van der Waals surface area contributed by atoms with Crippen molar-refractivity contribution < 1.29 is 27.5 Å². The van der Waals surface area contributed by atoms with Gasteiger partial charge in [0.25, 0.3) is 0 Å². The number of nitrogens with one attached hydrogen (secondary N) is 2. The fourth-order valence-corrected chi connectivity index (χ4v) is 8.16. The fraction of sp³-hybridized carbons (Fsp3) is 0.296. The van der Waals surface area contributed by atoms with E-state index in [1.165, 1.54) is 16.8 Å². The van der Waals surface area contributed by atoms with E-state index in [4.69, 9.17) is 48.4 Å². The Labute approximate surface area is 255 Å². The monoisotopic (exact) mass is 661 g/mol. The molecule has 14 heteroatoms. The molecule has 0 saturated carbocycles. The molecule has 9 nitrogen and oxygen atoms in total. The zero-order chi connectivity index (χ0) is 29.7. The third-order valence-electron chi connectivity index (χ3n) is 5.54. The minimum Gasteiger partial charge on any atom is -0.418 e. The molecule has 0 aliphatic heterocycles. The largest absolute Gasteiger partial charge is 0.452 e. The summed E-state index contributed by atoms with van der Waals surface area (Å²) in [5.41, 5.74) is 0. The Bertz CT molecular complexity index is 1270. The van der Waals surface area contributed by atoms with Crippen LogP contribution >= 0.6 is 50.1 Å². The Morgan fingerprint density at radius 3 is 1.76 bits per heavy atom. The topological polar surface area (TPSA) is 106 Å². The maximum atomic E-state index is 14.4. The Hall–Kier alpha value is -2.38. The van der Waals surface area contributed by atoms with Crippen LogP contribution in [0.4, 0.5) is 4.79 Å². The van der Waals surface area contributed by atoms with Crippen molar-refractivity contribution in [1.29, 1.82) is 0 Å². The van der Waals surface area contributed by atoms with Gasteiger partial charge in [-0.3, -0.25) is 0 Å². The van der Waals surface area contributed by atoms with Crippen molar-refractivity contribution in [3.63, 3.8) is 0 Å². The quantitative estimate of drug-likeness (QED) is 0.117. The first kappa shape index (κ1) is 33.1. The Balaban J connectivity index is 1.92. The van der Waals surface area contributed by atoms with Crippen LogP contribution in [0.15, 0.2) is 84.9 Å². The summed E-state index contributed by atoms with van der Waals surface area (Å²) in [5, 5.41) is 5.55. The molecular formula is C27H32Cl3N3O6P2. The molecular weight excluding hydrogens is 631 g/mol. The average Bonchev–Trinajstić information content (AvgIpc) is 2.95. The van der Waals surface area contributed by atoms with Gasteiger partial charge in [-0.1, -0.05) is 61.3 Å². The van der Waals surface area contributed by atoms with Gasteiger partial charge in [-0.15, -0.1) is 23.2 Å². The lowest BCUT2D eigenvalue weighted by Gasteiger charge is -2.32. The highest BCUT2D eigenvalue weighted by molar-refractivity contribution is 7.56. The van der Waals surface area contributed by atoms with Crippen LogP contribution in [0.2, 0.25) is 5.02 Å². The van der Waals surface area contributed by atoms with Crippen LogP contribution in [0.1, 0.15) is 19.8 Å². The number of amides is 2. The predicted octanol–water partition coefficient (Wildman–Crippen LogP) is 8.38. The number of alkyl halides is 2. The number of para-hydroxylation sites is 2. The molecule has 3 aromatic carbocycles. The number of hydrogen-bond donors (Lipinski definition) is 2. The van der Waals surface area contributed by atoms with Gasteiger partial charge in [0.05, 0.1) is 0 Å². The average molecular weight is 663 g/mol. The lowest BCUT2D eigenvalue weighted by Crippen LogP contribution is -2.45. The summed E-state index contributed by atoms with van der Waals surface area (Å²) in [6.45, 7) is 2.06. The van der Waals surface area contributed by atoms with E-state index in [9.17, 15) is 13.9 Å². The smallest absolute Gasteiger partial charge is 0.418 e. The lowest BCUT2D eigenvalue weighted by molar-refractivity contribution is 0.239. The third kappa shape index (κ3) is 10.1. The summed E-state index contributed by atoms with van der Waals surface area (Å²) < 4.78 is 47.5. The standard InChI is InChI=1S/C27H32Cl3N3O6P2/c1-2-9-26(40(35,37-23-10-5-3-6-11-23)38-24-12-7-4-8-13-24)31-27(34)32-41(36,33(20-18-28)21-19-29)39-25-16-14-22(30)15-17-25/h3-8,10-17,26H,2,9,18-21H2,1H3,(H2,31,32,34,36). The highest BCUT2D eigenvalue weighted by Crippen LogP contribution is 2.54. The Morgan fingerprint density at radius 1 is 0.805 bits per heavy atom. The van der Waals surface area contributed by atoms with E-state index in [1.54, 1.807) is 72.8 Å². The summed E-state index contributed by atoms with van der Waals surface area (Å²) in [6.07, 6.45) is 0.745. The molecule has 222 valence electrons. The molecule has 41 heavy (non-hydrogen) atoms. The number of carbonyl (C=O) groups is 1. The molecule has 2 atom stereocenters. The Kier molecular flexibility index (Phi) is 13.2. The maximum absolute atomic E-state index is 14.4. The van der Waals surface area contributed by atoms with Crippen LogP contribution in [-0.4, -0.2) is 41.3 Å². The van der Waals surface area contributed by atoms with Gasteiger partial charge in [0.2, 0.25) is 0 Å². The molecule has 0 aliphatic rings. The van der Waals surface area contributed by atoms with Gasteiger partial charge in [0.15, 0.2) is 5.78 Å². The number of benzene rings is 3. The molecule has 0 radical (unpaired) electrons. The molecule has 0 aliphatic carbocycles. The van der Waals surface area contributed by atoms with Crippen LogP contribution in [-0.2, 0) is 9.13 Å². The van der Waals surface area contributed by atoms with E-state index < -0.39 is 27.1 Å². The van der Waals surface area contributed by atoms with E-state index >= 15 is 0 Å². The van der Waals surface area contributed by atoms with E-state index in [0.29, 0.717) is 22.9 Å². The van der Waals surface area contributed by atoms with Crippen molar-refractivity contribution in [2.75, 3.05) is 24.8 Å². The highest BCUT2D eigenvalue weighted by Gasteiger charge is 2.42. The van der Waals surface area contributed by atoms with Crippen molar-refractivity contribution in [1.82, 2.24) is 15.1 Å². The normalized spacial score (nSPS) is 13.6. The lowest BCUT2D eigenvalue weighted by atomic mass is 10.3. The van der Waals surface area contributed by atoms with E-state index in [2.05, 4.69) is 10.4 Å². The molecule has 0 heterocycles. The molecule has 3 rings (SSSR count). The number of halogens is 3. The van der Waals surface area contributed by atoms with Crippen molar-refractivity contribution in [2.24, 2.45) is 0 Å². The zero-order valence-electron chi connectivity index (χ0n) is 22.3. The number of urea groups is 1. The SMILES string of the molecule is CCCC(NC(=O)NP(=O)(Oc1ccc(Cl)cc1)N(CCCl)CCCl)P(=O)(Oc1ccccc1)Oc1ccccc1. The minimum absolute atomic E-state index is 0.0949. The van der Waals surface area contributed by atoms with Crippen LogP contribution < -0.4 is 24.0 Å². The molecule has 2 N–H and O–H groups in total. The van der Waals surface area contributed by atoms with Crippen molar-refractivity contribution in [2.45, 2.75) is 25.5 Å². The first-order valence-corrected chi connectivity index (χ1v) is 17.5. The number of rotatable bonds is 16. The first-order valence-electron chi connectivity index (χ1n) is 12.8. The molecule has 2 amide bonds. The highest BCUT2D eigenvalue weighted by atomic mass is 35.5. The van der Waals surface area contributed by atoms with Gasteiger partial charge in [-0.05, 0) is 55.0 Å². The third-order valence-corrected chi connectivity index (χ3v) is 10.3. The van der Waals surface area contributed by atoms with Crippen molar-refractivity contribution in [3.05, 3.63) is 90.0 Å². The van der Waals surface area contributed by atoms with Crippen LogP contribution in [0, 0.1) is 0 Å². The summed E-state index contributed by atoms with van der Waals surface area (Å²) >= 11 is 17.9. The van der Waals surface area contributed by atoms with E-state index in [-0.39, 0.29) is 37.0 Å². The van der Waals surface area contributed by atoms with Gasteiger partial charge < -0.3 is 18.9 Å². The first-order chi connectivity index (χ1) is 19.7. The maximum Gasteiger partial charge on any atom is 0.452 e. The van der Waals surface area contributed by atoms with E-state index in [1.807, 2.05) is 6.92 Å². The molecule has 0 spiro atoms. The second-order valence-corrected chi connectivity index (χ2v) is 13.9. The predicted molar refractivity (Wildman–Crippen MR) is 165 cm³/mol. The molecule has 0 aromatic heterocycles. The summed E-state index contributed by atoms with van der Waals surface area (Å²) in [7, 11) is -8.23. The van der Waals surface area contributed by atoms with Gasteiger partial charge in [-0.25, -0.2) is 23.7 Å². The second-order valence-electron chi connectivity index (χ2n) is 8.64.